The molecule has 8 nitrogen and oxygen atoms in total. The van der Waals surface area contributed by atoms with Crippen molar-refractivity contribution >= 4 is 26.6 Å². The molecule has 0 amide bonds. The largest absolute Gasteiger partial charge is 0.378 e. The molecule has 0 spiro atoms. The molecule has 0 radical (unpaired) electrons. The van der Waals surface area contributed by atoms with Gasteiger partial charge in [-0.05, 0) is 50.9 Å². The monoisotopic (exact) mass is 467 g/mol. The summed E-state index contributed by atoms with van der Waals surface area (Å²) in [5.74, 6) is 1.37. The Morgan fingerprint density at radius 3 is 2.61 bits per heavy atom. The van der Waals surface area contributed by atoms with Crippen LogP contribution >= 0.6 is 0 Å². The second kappa shape index (κ2) is 8.07. The fourth-order valence-corrected chi connectivity index (χ4v) is 7.80. The van der Waals surface area contributed by atoms with Crippen LogP contribution in [-0.2, 0) is 19.3 Å². The molecule has 174 valence electrons. The molecule has 1 saturated carbocycles. The molecular weight excluding hydrogens is 438 g/mol. The highest BCUT2D eigenvalue weighted by Crippen LogP contribution is 2.47. The molecule has 2 aromatic heterocycles. The first kappa shape index (κ1) is 21.1. The number of H-pyrrole nitrogens is 1. The second-order valence-electron chi connectivity index (χ2n) is 9.27. The van der Waals surface area contributed by atoms with E-state index >= 15 is 0 Å². The molecule has 0 unspecified atom stereocenters. The number of anilines is 1. The molecule has 2 saturated heterocycles. The van der Waals surface area contributed by atoms with E-state index in [1.165, 1.54) is 0 Å². The minimum atomic E-state index is -3.36. The minimum Gasteiger partial charge on any atom is -0.378 e. The van der Waals surface area contributed by atoms with E-state index in [2.05, 4.69) is 15.2 Å². The predicted octanol–water partition coefficient (Wildman–Crippen LogP) is 2.62. The molecule has 3 aliphatic rings. The summed E-state index contributed by atoms with van der Waals surface area (Å²) in [7, 11) is -3.36. The first-order valence-corrected chi connectivity index (χ1v) is 13.4. The summed E-state index contributed by atoms with van der Waals surface area (Å²) in [6, 6.07) is 9.99. The number of nitrogens with one attached hydrogen (secondary N) is 2. The zero-order valence-corrected chi connectivity index (χ0v) is 19.4. The van der Waals surface area contributed by atoms with E-state index in [4.69, 9.17) is 14.7 Å². The third-order valence-corrected chi connectivity index (χ3v) is 10.3. The Bertz CT molecular complexity index is 1270. The van der Waals surface area contributed by atoms with Gasteiger partial charge in [0.05, 0.1) is 24.2 Å². The number of aromatic nitrogens is 3. The number of benzene rings is 1. The Morgan fingerprint density at radius 2 is 1.85 bits per heavy atom. The third-order valence-electron chi connectivity index (χ3n) is 7.27. The maximum Gasteiger partial charge on any atom is 0.164 e. The van der Waals surface area contributed by atoms with Gasteiger partial charge in [0, 0.05) is 41.8 Å². The summed E-state index contributed by atoms with van der Waals surface area (Å²) in [5.41, 5.74) is 2.57. The number of rotatable bonds is 5. The van der Waals surface area contributed by atoms with Crippen LogP contribution in [0.5, 0.6) is 0 Å². The lowest BCUT2D eigenvalue weighted by atomic mass is 9.92. The minimum absolute atomic E-state index is 0.242. The van der Waals surface area contributed by atoms with Crippen LogP contribution in [0.4, 0.5) is 5.82 Å². The number of hydrogen-bond donors (Lipinski definition) is 2. The Labute approximate surface area is 193 Å². The van der Waals surface area contributed by atoms with Gasteiger partial charge < -0.3 is 19.9 Å². The highest BCUT2D eigenvalue weighted by Gasteiger charge is 2.54. The Morgan fingerprint density at radius 1 is 1.06 bits per heavy atom. The number of nitrogens with zero attached hydrogens (tertiary/aromatic N) is 3. The fourth-order valence-electron chi connectivity index (χ4n) is 5.24. The van der Waals surface area contributed by atoms with Crippen molar-refractivity contribution in [3.63, 3.8) is 0 Å². The molecule has 2 aliphatic heterocycles. The molecule has 3 aromatic rings. The van der Waals surface area contributed by atoms with Gasteiger partial charge in [0.15, 0.2) is 15.7 Å². The van der Waals surface area contributed by atoms with Crippen molar-refractivity contribution in [2.75, 3.05) is 44.3 Å². The van der Waals surface area contributed by atoms with Crippen LogP contribution in [-0.4, -0.2) is 68.0 Å². The molecule has 0 atom stereocenters. The standard InChI is InChI=1S/C24H29N5O3S/c30-33(31,17-4-5-17)24(7-10-25-11-8-24)21-16-22(29-12-14-32-15-13-29)28-23(27-21)19-2-1-3-20-18(19)6-9-26-20/h1-3,6,9,16-17,25-26H,4-5,7-8,10-15H2. The molecule has 4 heterocycles. The Balaban J connectivity index is 1.56. The smallest absolute Gasteiger partial charge is 0.164 e. The quantitative estimate of drug-likeness (QED) is 0.595. The van der Waals surface area contributed by atoms with E-state index in [1.54, 1.807) is 0 Å². The molecule has 6 rings (SSSR count). The summed E-state index contributed by atoms with van der Waals surface area (Å²) < 4.78 is 32.3. The van der Waals surface area contributed by atoms with Gasteiger partial charge in [0.1, 0.15) is 10.6 Å². The number of morpholine rings is 1. The van der Waals surface area contributed by atoms with Crippen LogP contribution in [0.3, 0.4) is 0 Å². The van der Waals surface area contributed by atoms with Crippen LogP contribution in [0.15, 0.2) is 36.5 Å². The normalized spacial score (nSPS) is 21.4. The topological polar surface area (TPSA) is 100 Å². The molecule has 3 fully saturated rings. The van der Waals surface area contributed by atoms with Crippen molar-refractivity contribution in [1.82, 2.24) is 20.3 Å². The van der Waals surface area contributed by atoms with Crippen LogP contribution in [0.25, 0.3) is 22.3 Å². The van der Waals surface area contributed by atoms with Crippen molar-refractivity contribution in [3.8, 4) is 11.4 Å². The first-order chi connectivity index (χ1) is 16.1. The number of aromatic amines is 1. The lowest BCUT2D eigenvalue weighted by Crippen LogP contribution is -2.47. The highest BCUT2D eigenvalue weighted by molar-refractivity contribution is 7.93. The van der Waals surface area contributed by atoms with Crippen LogP contribution < -0.4 is 10.2 Å². The van der Waals surface area contributed by atoms with Gasteiger partial charge >= 0.3 is 0 Å². The molecule has 0 bridgehead atoms. The fraction of sp³-hybridized carbons (Fsp3) is 0.500. The number of fused-ring (bicyclic) bond motifs is 1. The van der Waals surface area contributed by atoms with Crippen molar-refractivity contribution in [3.05, 3.63) is 42.2 Å². The molecule has 1 aliphatic carbocycles. The maximum absolute atomic E-state index is 13.8. The third kappa shape index (κ3) is 3.53. The van der Waals surface area contributed by atoms with Crippen molar-refractivity contribution in [2.45, 2.75) is 35.7 Å². The average Bonchev–Trinajstić information content (AvgIpc) is 3.62. The number of ether oxygens (including phenoxy) is 1. The molecule has 33 heavy (non-hydrogen) atoms. The van der Waals surface area contributed by atoms with Gasteiger partial charge in [-0.25, -0.2) is 18.4 Å². The highest BCUT2D eigenvalue weighted by atomic mass is 32.2. The zero-order valence-electron chi connectivity index (χ0n) is 18.6. The lowest BCUT2D eigenvalue weighted by Gasteiger charge is -2.37. The van der Waals surface area contributed by atoms with Gasteiger partial charge in [0.25, 0.3) is 0 Å². The Hall–Kier alpha value is -2.49. The molecule has 2 N–H and O–H groups in total. The zero-order chi connectivity index (χ0) is 22.5. The average molecular weight is 468 g/mol. The molecule has 1 aromatic carbocycles. The predicted molar refractivity (Wildman–Crippen MR) is 128 cm³/mol. The SMILES string of the molecule is O=S(=O)(C1CC1)C1(c2cc(N3CCOCC3)nc(-c3cccc4[nH]ccc34)n2)CCNCC1. The molecule has 9 heteroatoms. The summed E-state index contributed by atoms with van der Waals surface area (Å²) in [6.07, 6.45) is 4.51. The van der Waals surface area contributed by atoms with Crippen LogP contribution in [0, 0.1) is 0 Å². The van der Waals surface area contributed by atoms with Crippen molar-refractivity contribution < 1.29 is 13.2 Å². The summed E-state index contributed by atoms with van der Waals surface area (Å²) in [6.45, 7) is 4.08. The van der Waals surface area contributed by atoms with Gasteiger partial charge in [-0.2, -0.15) is 0 Å². The van der Waals surface area contributed by atoms with E-state index in [9.17, 15) is 8.42 Å². The summed E-state index contributed by atoms with van der Waals surface area (Å²) in [4.78, 5) is 15.4. The first-order valence-electron chi connectivity index (χ1n) is 11.8. The maximum atomic E-state index is 13.8. The summed E-state index contributed by atoms with van der Waals surface area (Å²) >= 11 is 0. The van der Waals surface area contributed by atoms with Gasteiger partial charge in [-0.1, -0.05) is 12.1 Å². The van der Waals surface area contributed by atoms with Crippen molar-refractivity contribution in [2.24, 2.45) is 0 Å². The number of piperidine rings is 1. The molecular formula is C24H29N5O3S. The van der Waals surface area contributed by atoms with Crippen LogP contribution in [0.2, 0.25) is 0 Å². The van der Waals surface area contributed by atoms with Gasteiger partial charge in [-0.3, -0.25) is 0 Å². The summed E-state index contributed by atoms with van der Waals surface area (Å²) in [5, 5.41) is 4.14. The number of sulfone groups is 1. The van der Waals surface area contributed by atoms with E-state index in [0.717, 1.165) is 48.2 Å². The van der Waals surface area contributed by atoms with E-state index in [1.807, 2.05) is 36.5 Å². The second-order valence-corrected chi connectivity index (χ2v) is 11.8. The van der Waals surface area contributed by atoms with Gasteiger partial charge in [0.2, 0.25) is 0 Å². The number of hydrogen-bond acceptors (Lipinski definition) is 7. The van der Waals surface area contributed by atoms with Crippen molar-refractivity contribution in [1.29, 1.82) is 0 Å². The van der Waals surface area contributed by atoms with E-state index < -0.39 is 14.6 Å². The van der Waals surface area contributed by atoms with E-state index in [0.29, 0.717) is 50.7 Å². The lowest BCUT2D eigenvalue weighted by molar-refractivity contribution is 0.122. The van der Waals surface area contributed by atoms with Crippen LogP contribution in [0.1, 0.15) is 31.4 Å². The van der Waals surface area contributed by atoms with Gasteiger partial charge in [-0.15, -0.1) is 0 Å². The Kier molecular flexibility index (Phi) is 5.15. The van der Waals surface area contributed by atoms with E-state index in [-0.39, 0.29) is 5.25 Å².